The second-order valence-electron chi connectivity index (χ2n) is 0.930. The molecule has 0 aliphatic rings. The molecule has 0 spiro atoms. The maximum absolute atomic E-state index is 9.96. The van der Waals surface area contributed by atoms with E-state index in [-0.39, 0.29) is 30.8 Å². The summed E-state index contributed by atoms with van der Waals surface area (Å²) in [6.45, 7) is 1.76. The third-order valence-corrected chi connectivity index (χ3v) is 0.516. The van der Waals surface area contributed by atoms with Crippen molar-refractivity contribution in [2.45, 2.75) is 13.3 Å². The van der Waals surface area contributed by atoms with Gasteiger partial charge in [0.2, 0.25) is 0 Å². The van der Waals surface area contributed by atoms with E-state index < -0.39 is 0 Å². The lowest BCUT2D eigenvalue weighted by molar-refractivity contribution is -0.140. The second kappa shape index (κ2) is 10.1. The second-order valence-corrected chi connectivity index (χ2v) is 0.930. The molecule has 0 saturated heterocycles. The van der Waals surface area contributed by atoms with Crippen molar-refractivity contribution in [3.05, 3.63) is 0 Å². The lowest BCUT2D eigenvalue weighted by atomic mass is 10.5. The summed E-state index contributed by atoms with van der Waals surface area (Å²) < 4.78 is 4.26. The van der Waals surface area contributed by atoms with Crippen LogP contribution in [0.25, 0.3) is 0 Å². The molecule has 0 unspecified atom stereocenters. The first kappa shape index (κ1) is 15.7. The summed E-state index contributed by atoms with van der Waals surface area (Å²) in [6.07, 6.45) is 0.469. The summed E-state index contributed by atoms with van der Waals surface area (Å²) in [5.74, 6) is -0.157. The first-order chi connectivity index (χ1) is 2.81. The highest BCUT2D eigenvalue weighted by Gasteiger charge is 1.87. The van der Waals surface area contributed by atoms with Crippen LogP contribution in [-0.2, 0) is 9.53 Å². The first-order valence-electron chi connectivity index (χ1n) is 1.88. The van der Waals surface area contributed by atoms with Gasteiger partial charge in [0.25, 0.3) is 0 Å². The zero-order valence-corrected chi connectivity index (χ0v) is 6.47. The Balaban J connectivity index is -0.000000125. The quantitative estimate of drug-likeness (QED) is 0.543. The number of methoxy groups -OCH3 is 1. The SMILES string of the molecule is CCC(=O)OC.Cl.Cl. The van der Waals surface area contributed by atoms with Crippen molar-refractivity contribution in [3.63, 3.8) is 0 Å². The summed E-state index contributed by atoms with van der Waals surface area (Å²) >= 11 is 0. The monoisotopic (exact) mass is 160 g/mol. The molecular weight excluding hydrogens is 151 g/mol. The van der Waals surface area contributed by atoms with E-state index in [1.807, 2.05) is 0 Å². The first-order valence-corrected chi connectivity index (χ1v) is 1.88. The van der Waals surface area contributed by atoms with Gasteiger partial charge in [-0.2, -0.15) is 0 Å². The molecule has 0 aromatic heterocycles. The average molecular weight is 161 g/mol. The minimum absolute atomic E-state index is 0. The number of hydrogen-bond acceptors (Lipinski definition) is 2. The average Bonchev–Trinajstić information content (AvgIpc) is 1.65. The zero-order chi connectivity index (χ0) is 4.99. The highest BCUT2D eigenvalue weighted by molar-refractivity contribution is 5.85. The van der Waals surface area contributed by atoms with Crippen molar-refractivity contribution < 1.29 is 9.53 Å². The molecular formula is C4H10Cl2O2. The highest BCUT2D eigenvalue weighted by atomic mass is 35.5. The number of carbonyl (C=O) groups excluding carboxylic acids is 1. The molecule has 0 atom stereocenters. The van der Waals surface area contributed by atoms with E-state index in [2.05, 4.69) is 4.74 Å². The summed E-state index contributed by atoms with van der Waals surface area (Å²) in [6, 6.07) is 0. The van der Waals surface area contributed by atoms with Crippen LogP contribution in [0, 0.1) is 0 Å². The van der Waals surface area contributed by atoms with E-state index in [0.717, 1.165) is 0 Å². The van der Waals surface area contributed by atoms with Gasteiger partial charge in [-0.3, -0.25) is 4.79 Å². The minimum Gasteiger partial charge on any atom is -0.469 e. The molecule has 0 aliphatic heterocycles. The van der Waals surface area contributed by atoms with Gasteiger partial charge in [-0.05, 0) is 0 Å². The van der Waals surface area contributed by atoms with Crippen molar-refractivity contribution in [2.24, 2.45) is 0 Å². The van der Waals surface area contributed by atoms with E-state index in [9.17, 15) is 4.79 Å². The molecule has 0 bridgehead atoms. The molecule has 0 radical (unpaired) electrons. The van der Waals surface area contributed by atoms with Crippen LogP contribution in [0.2, 0.25) is 0 Å². The molecule has 0 aromatic rings. The predicted octanol–water partition coefficient (Wildman–Crippen LogP) is 1.41. The fraction of sp³-hybridized carbons (Fsp3) is 0.750. The summed E-state index contributed by atoms with van der Waals surface area (Å²) in [4.78, 5) is 9.96. The van der Waals surface area contributed by atoms with E-state index in [1.54, 1.807) is 6.92 Å². The smallest absolute Gasteiger partial charge is 0.305 e. The van der Waals surface area contributed by atoms with Gasteiger partial charge in [-0.25, -0.2) is 0 Å². The van der Waals surface area contributed by atoms with E-state index in [1.165, 1.54) is 7.11 Å². The number of halogens is 2. The van der Waals surface area contributed by atoms with Gasteiger partial charge in [-0.1, -0.05) is 6.92 Å². The maximum Gasteiger partial charge on any atom is 0.305 e. The van der Waals surface area contributed by atoms with Crippen LogP contribution in [0.4, 0.5) is 0 Å². The van der Waals surface area contributed by atoms with E-state index >= 15 is 0 Å². The molecule has 0 N–H and O–H groups in total. The Bertz CT molecular complexity index is 50.0. The van der Waals surface area contributed by atoms with Gasteiger partial charge in [-0.15, -0.1) is 24.8 Å². The number of carbonyl (C=O) groups is 1. The Morgan fingerprint density at radius 1 is 1.50 bits per heavy atom. The van der Waals surface area contributed by atoms with Gasteiger partial charge >= 0.3 is 5.97 Å². The number of hydrogen-bond donors (Lipinski definition) is 0. The Morgan fingerprint density at radius 3 is 1.88 bits per heavy atom. The van der Waals surface area contributed by atoms with Gasteiger partial charge in [0.1, 0.15) is 0 Å². The lowest BCUT2D eigenvalue weighted by Gasteiger charge is -1.87. The lowest BCUT2D eigenvalue weighted by Crippen LogP contribution is -1.94. The molecule has 0 saturated carbocycles. The summed E-state index contributed by atoms with van der Waals surface area (Å²) in [5, 5.41) is 0. The van der Waals surface area contributed by atoms with Crippen molar-refractivity contribution >= 4 is 30.8 Å². The molecule has 4 heteroatoms. The Kier molecular flexibility index (Phi) is 19.8. The third kappa shape index (κ3) is 9.41. The zero-order valence-electron chi connectivity index (χ0n) is 4.84. The van der Waals surface area contributed by atoms with Crippen LogP contribution in [0.1, 0.15) is 13.3 Å². The Labute approximate surface area is 61.4 Å². The van der Waals surface area contributed by atoms with Crippen LogP contribution in [0.3, 0.4) is 0 Å². The van der Waals surface area contributed by atoms with Crippen LogP contribution < -0.4 is 0 Å². The van der Waals surface area contributed by atoms with Crippen LogP contribution in [-0.4, -0.2) is 13.1 Å². The molecule has 2 nitrogen and oxygen atoms in total. The fourth-order valence-corrected chi connectivity index (χ4v) is 0.144. The van der Waals surface area contributed by atoms with E-state index in [4.69, 9.17) is 0 Å². The number of ether oxygens (including phenoxy) is 1. The maximum atomic E-state index is 9.96. The highest BCUT2D eigenvalue weighted by Crippen LogP contribution is 1.76. The molecule has 0 rings (SSSR count). The molecule has 0 aromatic carbocycles. The molecule has 0 aliphatic carbocycles. The summed E-state index contributed by atoms with van der Waals surface area (Å²) in [7, 11) is 1.38. The van der Waals surface area contributed by atoms with Gasteiger partial charge in [0, 0.05) is 6.42 Å². The van der Waals surface area contributed by atoms with Gasteiger partial charge in [0.15, 0.2) is 0 Å². The largest absolute Gasteiger partial charge is 0.469 e. The Hall–Kier alpha value is 0.0500. The summed E-state index contributed by atoms with van der Waals surface area (Å²) in [5.41, 5.74) is 0. The van der Waals surface area contributed by atoms with Crippen molar-refractivity contribution in [2.75, 3.05) is 7.11 Å². The van der Waals surface area contributed by atoms with Crippen LogP contribution in [0.15, 0.2) is 0 Å². The number of esters is 1. The predicted molar refractivity (Wildman–Crippen MR) is 36.8 cm³/mol. The van der Waals surface area contributed by atoms with Gasteiger partial charge in [0.05, 0.1) is 7.11 Å². The normalized spacial score (nSPS) is 5.75. The van der Waals surface area contributed by atoms with E-state index in [0.29, 0.717) is 6.42 Å². The standard InChI is InChI=1S/C4H8O2.2ClH/c1-3-4(5)6-2;;/h3H2,1-2H3;2*1H. The molecule has 0 fully saturated rings. The topological polar surface area (TPSA) is 26.3 Å². The Morgan fingerprint density at radius 2 is 1.88 bits per heavy atom. The van der Waals surface area contributed by atoms with Crippen molar-refractivity contribution in [3.8, 4) is 0 Å². The van der Waals surface area contributed by atoms with Crippen molar-refractivity contribution in [1.82, 2.24) is 0 Å². The van der Waals surface area contributed by atoms with Gasteiger partial charge < -0.3 is 4.74 Å². The molecule has 0 heterocycles. The van der Waals surface area contributed by atoms with Crippen molar-refractivity contribution in [1.29, 1.82) is 0 Å². The molecule has 8 heavy (non-hydrogen) atoms. The minimum atomic E-state index is -0.157. The molecule has 0 amide bonds. The molecule has 52 valence electrons. The van der Waals surface area contributed by atoms with Crippen LogP contribution >= 0.6 is 24.8 Å². The third-order valence-electron chi connectivity index (χ3n) is 0.516. The fourth-order valence-electron chi connectivity index (χ4n) is 0.144. The number of rotatable bonds is 1. The van der Waals surface area contributed by atoms with Crippen LogP contribution in [0.5, 0.6) is 0 Å².